The first-order chi connectivity index (χ1) is 26.9. The summed E-state index contributed by atoms with van der Waals surface area (Å²) in [6.45, 7) is 12.6. The number of carbonyl (C=O) groups excluding carboxylic acids is 2. The van der Waals surface area contributed by atoms with Crippen LogP contribution in [0.2, 0.25) is 0 Å². The predicted molar refractivity (Wildman–Crippen MR) is 215 cm³/mol. The average Bonchev–Trinajstić information content (AvgIpc) is 3.18. The van der Waals surface area contributed by atoms with Crippen LogP contribution in [0.3, 0.4) is 0 Å². The van der Waals surface area contributed by atoms with E-state index >= 15 is 0 Å². The average molecular weight is 781 g/mol. The minimum absolute atomic E-state index is 0.110. The number of ether oxygens (including phenoxy) is 2. The number of nitrogens with zero attached hydrogens (tertiary/aromatic N) is 4. The Hall–Kier alpha value is -3.19. The molecule has 10 nitrogen and oxygen atoms in total. The van der Waals surface area contributed by atoms with E-state index in [-0.39, 0.29) is 55.8 Å². The maximum absolute atomic E-state index is 13.9. The first-order valence-corrected chi connectivity index (χ1v) is 21.4. The summed E-state index contributed by atoms with van der Waals surface area (Å²) < 4.78 is 39.4. The number of benzene rings is 1. The second-order valence-corrected chi connectivity index (χ2v) is 17.5. The topological polar surface area (TPSA) is 99.3 Å². The van der Waals surface area contributed by atoms with Gasteiger partial charge in [-0.3, -0.25) is 19.6 Å². The van der Waals surface area contributed by atoms with Crippen molar-refractivity contribution in [2.45, 2.75) is 134 Å². The molecule has 6 rings (SSSR count). The Labute approximate surface area is 333 Å². The predicted octanol–water partition coefficient (Wildman–Crippen LogP) is 7.30. The number of halogens is 2. The molecule has 0 spiro atoms. The summed E-state index contributed by atoms with van der Waals surface area (Å²) in [4.78, 5) is 39.2. The number of unbranched alkanes of at least 4 members (excludes halogenated alkanes) is 1. The number of fused-ring (bicyclic) bond motifs is 1. The largest absolute Gasteiger partial charge is 0.444 e. The molecule has 1 saturated carbocycles. The summed E-state index contributed by atoms with van der Waals surface area (Å²) in [6, 6.07) is 14.6. The van der Waals surface area contributed by atoms with Crippen LogP contribution in [0.5, 0.6) is 0 Å². The standard InChI is InChI=1S/C44H66F2N6O4/c1-43(2,3)56-42(54)52-28-27-50(26-18-38(33-11-5-4-6-12-33)49-41(53)35-16-21-44(45,46)22-17-35)31-37(52)32-51(25-8-7-23-47-36-19-29-55-30-20-36)39-15-9-13-34-14-10-24-48-40(34)39/h4-6,10-12,14,24,35-39,47H,7-9,13,15-23,25-32H2,1-3H3,(H,49,53)/t37?,38-,39-/m0/s1. The van der Waals surface area contributed by atoms with Gasteiger partial charge in [0, 0.05) is 76.9 Å². The van der Waals surface area contributed by atoms with Gasteiger partial charge >= 0.3 is 6.09 Å². The van der Waals surface area contributed by atoms with E-state index in [4.69, 9.17) is 14.5 Å². The lowest BCUT2D eigenvalue weighted by Gasteiger charge is -2.45. The molecular weight excluding hydrogens is 715 g/mol. The maximum Gasteiger partial charge on any atom is 0.410 e. The van der Waals surface area contributed by atoms with Gasteiger partial charge in [0.25, 0.3) is 0 Å². The van der Waals surface area contributed by atoms with E-state index in [0.29, 0.717) is 45.2 Å². The lowest BCUT2D eigenvalue weighted by Crippen LogP contribution is -2.60. The highest BCUT2D eigenvalue weighted by Crippen LogP contribution is 2.37. The third kappa shape index (κ3) is 12.4. The van der Waals surface area contributed by atoms with Crippen LogP contribution in [-0.2, 0) is 20.7 Å². The summed E-state index contributed by atoms with van der Waals surface area (Å²) in [6.07, 6.45) is 9.64. The number of aromatic nitrogens is 1. The van der Waals surface area contributed by atoms with Crippen LogP contribution in [-0.4, -0.2) is 114 Å². The third-order valence-electron chi connectivity index (χ3n) is 12.1. The van der Waals surface area contributed by atoms with Crippen LogP contribution in [0.1, 0.15) is 120 Å². The van der Waals surface area contributed by atoms with Crippen molar-refractivity contribution in [1.82, 2.24) is 30.3 Å². The molecule has 4 aliphatic rings. The highest BCUT2D eigenvalue weighted by Gasteiger charge is 2.39. The Morgan fingerprint density at radius 2 is 1.79 bits per heavy atom. The number of aryl methyl sites for hydroxylation is 1. The number of amides is 2. The summed E-state index contributed by atoms with van der Waals surface area (Å²) in [5, 5.41) is 7.00. The molecule has 2 N–H and O–H groups in total. The van der Waals surface area contributed by atoms with Crippen molar-refractivity contribution in [3.05, 3.63) is 65.5 Å². The summed E-state index contributed by atoms with van der Waals surface area (Å²) >= 11 is 0. The lowest BCUT2D eigenvalue weighted by molar-refractivity contribution is -0.130. The van der Waals surface area contributed by atoms with E-state index in [1.54, 1.807) is 0 Å². The van der Waals surface area contributed by atoms with Crippen molar-refractivity contribution in [2.75, 3.05) is 59.0 Å². The fraction of sp³-hybridized carbons (Fsp3) is 0.705. The van der Waals surface area contributed by atoms with Gasteiger partial charge in [-0.05, 0) is 115 Å². The Kier molecular flexibility index (Phi) is 15.1. The molecular formula is C44H66F2N6O4. The molecule has 2 aliphatic carbocycles. The zero-order valence-corrected chi connectivity index (χ0v) is 34.0. The van der Waals surface area contributed by atoms with Gasteiger partial charge in [-0.2, -0.15) is 0 Å². The fourth-order valence-electron chi connectivity index (χ4n) is 8.98. The monoisotopic (exact) mass is 781 g/mol. The van der Waals surface area contributed by atoms with Gasteiger partial charge in [0.05, 0.1) is 23.8 Å². The number of piperazine rings is 1. The quantitative estimate of drug-likeness (QED) is 0.182. The number of hydrogen-bond acceptors (Lipinski definition) is 8. The van der Waals surface area contributed by atoms with Crippen molar-refractivity contribution in [1.29, 1.82) is 0 Å². The minimum Gasteiger partial charge on any atom is -0.444 e. The van der Waals surface area contributed by atoms with E-state index in [9.17, 15) is 18.4 Å². The van der Waals surface area contributed by atoms with Crippen molar-refractivity contribution < 1.29 is 27.8 Å². The molecule has 56 heavy (non-hydrogen) atoms. The Morgan fingerprint density at radius 3 is 2.54 bits per heavy atom. The first kappa shape index (κ1) is 42.4. The van der Waals surface area contributed by atoms with Crippen molar-refractivity contribution in [3.8, 4) is 0 Å². The maximum atomic E-state index is 13.9. The van der Waals surface area contributed by atoms with Crippen LogP contribution < -0.4 is 10.6 Å². The Bertz CT molecular complexity index is 1530. The van der Waals surface area contributed by atoms with Gasteiger partial charge in [0.15, 0.2) is 0 Å². The first-order valence-electron chi connectivity index (χ1n) is 21.4. The Balaban J connectivity index is 1.16. The zero-order chi connectivity index (χ0) is 39.5. The van der Waals surface area contributed by atoms with Crippen LogP contribution in [0.4, 0.5) is 13.6 Å². The molecule has 3 fully saturated rings. The highest BCUT2D eigenvalue weighted by atomic mass is 19.3. The molecule has 2 saturated heterocycles. The number of carbonyl (C=O) groups is 2. The number of nitrogens with one attached hydrogen (secondary N) is 2. The molecule has 3 heterocycles. The lowest BCUT2D eigenvalue weighted by atomic mass is 9.86. The van der Waals surface area contributed by atoms with Gasteiger partial charge in [0.2, 0.25) is 11.8 Å². The minimum atomic E-state index is -2.68. The van der Waals surface area contributed by atoms with Crippen molar-refractivity contribution >= 4 is 12.0 Å². The molecule has 1 unspecified atom stereocenters. The van der Waals surface area contributed by atoms with Crippen LogP contribution >= 0.6 is 0 Å². The molecule has 2 aromatic rings. The van der Waals surface area contributed by atoms with Gasteiger partial charge in [0.1, 0.15) is 5.60 Å². The number of pyridine rings is 1. The van der Waals surface area contributed by atoms with Crippen LogP contribution in [0.25, 0.3) is 0 Å². The number of rotatable bonds is 15. The second-order valence-electron chi connectivity index (χ2n) is 17.5. The molecule has 2 amide bonds. The van der Waals surface area contributed by atoms with Crippen molar-refractivity contribution in [2.24, 2.45) is 5.92 Å². The van der Waals surface area contributed by atoms with E-state index in [1.165, 1.54) is 11.3 Å². The Morgan fingerprint density at radius 1 is 1.02 bits per heavy atom. The van der Waals surface area contributed by atoms with Gasteiger partial charge in [-0.25, -0.2) is 13.6 Å². The summed E-state index contributed by atoms with van der Waals surface area (Å²) in [5.74, 6) is -3.21. The van der Waals surface area contributed by atoms with E-state index < -0.39 is 17.4 Å². The number of hydrogen-bond donors (Lipinski definition) is 2. The fourth-order valence-corrected chi connectivity index (χ4v) is 8.98. The molecule has 12 heteroatoms. The van der Waals surface area contributed by atoms with Gasteiger partial charge < -0.3 is 25.0 Å². The zero-order valence-electron chi connectivity index (χ0n) is 34.0. The SMILES string of the molecule is CC(C)(C)OC(=O)N1CCN(CC[C@H](NC(=O)C2CCC(F)(F)CC2)c2ccccc2)CC1CN(CCCCNC1CCOCC1)[C@H]1CCCc2cccnc21. The molecule has 1 aromatic carbocycles. The molecule has 0 bridgehead atoms. The molecule has 0 radical (unpaired) electrons. The summed E-state index contributed by atoms with van der Waals surface area (Å²) in [5.41, 5.74) is 2.88. The second kappa shape index (κ2) is 20.0. The van der Waals surface area contributed by atoms with Crippen LogP contribution in [0, 0.1) is 5.92 Å². The van der Waals surface area contributed by atoms with E-state index in [1.807, 2.05) is 68.3 Å². The molecule has 3 atom stereocenters. The molecule has 2 aliphatic heterocycles. The smallest absolute Gasteiger partial charge is 0.410 e. The van der Waals surface area contributed by atoms with Crippen LogP contribution in [0.15, 0.2) is 48.7 Å². The van der Waals surface area contributed by atoms with Crippen molar-refractivity contribution in [3.63, 3.8) is 0 Å². The molecule has 310 valence electrons. The van der Waals surface area contributed by atoms with Gasteiger partial charge in [-0.15, -0.1) is 0 Å². The normalized spacial score (nSPS) is 23.1. The molecule has 1 aromatic heterocycles. The van der Waals surface area contributed by atoms with E-state index in [0.717, 1.165) is 76.8 Å². The highest BCUT2D eigenvalue weighted by molar-refractivity contribution is 5.79. The van der Waals surface area contributed by atoms with E-state index in [2.05, 4.69) is 26.5 Å². The van der Waals surface area contributed by atoms with Gasteiger partial charge in [-0.1, -0.05) is 36.4 Å². The third-order valence-corrected chi connectivity index (χ3v) is 12.1. The summed E-state index contributed by atoms with van der Waals surface area (Å²) in [7, 11) is 0. The number of alkyl halides is 2.